The summed E-state index contributed by atoms with van der Waals surface area (Å²) in [5, 5.41) is 1.67. The van der Waals surface area contributed by atoms with Crippen molar-refractivity contribution in [1.29, 1.82) is 0 Å². The molecule has 3 rings (SSSR count). The summed E-state index contributed by atoms with van der Waals surface area (Å²) >= 11 is 24.1. The molecular weight excluding hydrogens is 518 g/mol. The number of benzene rings is 2. The van der Waals surface area contributed by atoms with Crippen molar-refractivity contribution in [3.63, 3.8) is 0 Å². The quantitative estimate of drug-likeness (QED) is 0.236. The Balaban J connectivity index is 1.66. The zero-order valence-electron chi connectivity index (χ0n) is 17.2. The molecule has 0 aromatic heterocycles. The first-order valence-corrected chi connectivity index (χ1v) is 11.0. The summed E-state index contributed by atoms with van der Waals surface area (Å²) in [4.78, 5) is 50.8. The number of halogens is 4. The summed E-state index contributed by atoms with van der Waals surface area (Å²) in [7, 11) is 0. The molecule has 0 saturated heterocycles. The highest BCUT2D eigenvalue weighted by atomic mass is 35.5. The average molecular weight is 534 g/mol. The molecule has 8 nitrogen and oxygen atoms in total. The van der Waals surface area contributed by atoms with Gasteiger partial charge in [0.15, 0.2) is 6.61 Å². The van der Waals surface area contributed by atoms with Gasteiger partial charge < -0.3 is 14.8 Å². The molecule has 1 atom stereocenters. The number of fused-ring (bicyclic) bond motifs is 1. The minimum atomic E-state index is -1.37. The molecule has 1 heterocycles. The molecule has 3 amide bonds. The molecule has 0 fully saturated rings. The number of nitrogens with zero attached hydrogens (tertiary/aromatic N) is 1. The van der Waals surface area contributed by atoms with Gasteiger partial charge in [0, 0.05) is 5.69 Å². The molecule has 0 saturated carbocycles. The highest BCUT2D eigenvalue weighted by Crippen LogP contribution is 2.45. The number of amides is 3. The molecular formula is C21H16Cl4N2O6. The monoisotopic (exact) mass is 532 g/mol. The van der Waals surface area contributed by atoms with Gasteiger partial charge in [0.05, 0.1) is 37.8 Å². The van der Waals surface area contributed by atoms with Gasteiger partial charge in [-0.3, -0.25) is 19.3 Å². The molecule has 2 aromatic carbocycles. The zero-order valence-corrected chi connectivity index (χ0v) is 20.2. The van der Waals surface area contributed by atoms with Crippen LogP contribution in [0, 0.1) is 0 Å². The van der Waals surface area contributed by atoms with Crippen molar-refractivity contribution >= 4 is 75.8 Å². The van der Waals surface area contributed by atoms with Gasteiger partial charge in [-0.15, -0.1) is 0 Å². The largest absolute Gasteiger partial charge is 0.494 e. The number of hydrogen-bond acceptors (Lipinski definition) is 6. The number of esters is 1. The van der Waals surface area contributed by atoms with Crippen LogP contribution in [0.5, 0.6) is 5.75 Å². The lowest BCUT2D eigenvalue weighted by Crippen LogP contribution is -2.44. The minimum absolute atomic E-state index is 0.189. The fourth-order valence-electron chi connectivity index (χ4n) is 3.08. The van der Waals surface area contributed by atoms with Crippen LogP contribution in [0.4, 0.5) is 5.69 Å². The number of ether oxygens (including phenoxy) is 2. The van der Waals surface area contributed by atoms with Crippen LogP contribution in [0.3, 0.4) is 0 Å². The van der Waals surface area contributed by atoms with E-state index < -0.39 is 36.3 Å². The first-order valence-electron chi connectivity index (χ1n) is 9.51. The fourth-order valence-corrected chi connectivity index (χ4v) is 4.09. The summed E-state index contributed by atoms with van der Waals surface area (Å²) in [5.74, 6) is -2.74. The minimum Gasteiger partial charge on any atom is -0.494 e. The molecule has 2 aromatic rings. The Bertz CT molecular complexity index is 1110. The van der Waals surface area contributed by atoms with E-state index in [0.29, 0.717) is 22.9 Å². The SMILES string of the molecule is CCOc1ccc(NC(=O)COC(=O)[C@@H](C)N2C(=O)c3c(Cl)c(Cl)c(Cl)c(Cl)c3C2=O)cc1. The number of rotatable bonds is 7. The van der Waals surface area contributed by atoms with Crippen molar-refractivity contribution in [3.8, 4) is 5.75 Å². The molecule has 0 aliphatic carbocycles. The number of carbonyl (C=O) groups is 4. The molecule has 33 heavy (non-hydrogen) atoms. The zero-order chi connectivity index (χ0) is 24.4. The van der Waals surface area contributed by atoms with E-state index in [-0.39, 0.29) is 31.2 Å². The van der Waals surface area contributed by atoms with Gasteiger partial charge >= 0.3 is 5.97 Å². The number of carbonyl (C=O) groups excluding carboxylic acids is 4. The van der Waals surface area contributed by atoms with Crippen molar-refractivity contribution in [3.05, 3.63) is 55.5 Å². The molecule has 12 heteroatoms. The summed E-state index contributed by atoms with van der Waals surface area (Å²) in [6, 6.07) is 5.21. The third-order valence-electron chi connectivity index (χ3n) is 4.66. The maximum absolute atomic E-state index is 12.8. The standard InChI is InChI=1S/C21H16Cl4N2O6/c1-3-32-11-6-4-10(5-7-11)26-12(28)8-33-21(31)9(2)27-19(29)13-14(20(27)30)16(23)18(25)17(24)15(13)22/h4-7,9H,3,8H2,1-2H3,(H,26,28)/t9-/m1/s1. The Labute approximate surface area is 208 Å². The Hall–Kier alpha value is -2.52. The molecule has 0 bridgehead atoms. The Morgan fingerprint density at radius 3 is 1.94 bits per heavy atom. The molecule has 174 valence electrons. The second-order valence-electron chi connectivity index (χ2n) is 6.78. The van der Waals surface area contributed by atoms with Crippen LogP contribution in [-0.4, -0.2) is 47.8 Å². The van der Waals surface area contributed by atoms with Gasteiger partial charge in [-0.25, -0.2) is 4.79 Å². The molecule has 0 unspecified atom stereocenters. The van der Waals surface area contributed by atoms with Gasteiger partial charge in [-0.05, 0) is 38.1 Å². The lowest BCUT2D eigenvalue weighted by atomic mass is 10.1. The van der Waals surface area contributed by atoms with Crippen LogP contribution >= 0.6 is 46.4 Å². The van der Waals surface area contributed by atoms with E-state index in [0.717, 1.165) is 0 Å². The van der Waals surface area contributed by atoms with Crippen molar-refractivity contribution in [2.24, 2.45) is 0 Å². The van der Waals surface area contributed by atoms with Crippen molar-refractivity contribution in [2.75, 3.05) is 18.5 Å². The molecule has 1 aliphatic rings. The maximum atomic E-state index is 12.8. The van der Waals surface area contributed by atoms with Crippen LogP contribution in [0.2, 0.25) is 20.1 Å². The Morgan fingerprint density at radius 1 is 0.939 bits per heavy atom. The van der Waals surface area contributed by atoms with E-state index >= 15 is 0 Å². The molecule has 0 radical (unpaired) electrons. The highest BCUT2D eigenvalue weighted by molar-refractivity contribution is 6.55. The Morgan fingerprint density at radius 2 is 1.45 bits per heavy atom. The Kier molecular flexibility index (Phi) is 7.74. The second kappa shape index (κ2) is 10.2. The first kappa shape index (κ1) is 25.1. The first-order chi connectivity index (χ1) is 15.6. The third-order valence-corrected chi connectivity index (χ3v) is 6.46. The smallest absolute Gasteiger partial charge is 0.329 e. The van der Waals surface area contributed by atoms with E-state index in [9.17, 15) is 19.2 Å². The average Bonchev–Trinajstić information content (AvgIpc) is 3.05. The van der Waals surface area contributed by atoms with Crippen molar-refractivity contribution in [2.45, 2.75) is 19.9 Å². The summed E-state index contributed by atoms with van der Waals surface area (Å²) in [6.45, 7) is 2.98. The van der Waals surface area contributed by atoms with Crippen LogP contribution in [-0.2, 0) is 14.3 Å². The van der Waals surface area contributed by atoms with Crippen molar-refractivity contribution < 1.29 is 28.7 Å². The third kappa shape index (κ3) is 4.89. The topological polar surface area (TPSA) is 102 Å². The maximum Gasteiger partial charge on any atom is 0.329 e. The normalized spacial score (nSPS) is 13.6. The summed E-state index contributed by atoms with van der Waals surface area (Å²) < 4.78 is 10.3. The van der Waals surface area contributed by atoms with Crippen LogP contribution in [0.1, 0.15) is 34.6 Å². The summed E-state index contributed by atoms with van der Waals surface area (Å²) in [6.07, 6.45) is 0. The summed E-state index contributed by atoms with van der Waals surface area (Å²) in [5.41, 5.74) is -0.0474. The van der Waals surface area contributed by atoms with Crippen LogP contribution < -0.4 is 10.1 Å². The number of imide groups is 1. The van der Waals surface area contributed by atoms with Crippen molar-refractivity contribution in [1.82, 2.24) is 4.90 Å². The van der Waals surface area contributed by atoms with Gasteiger partial charge in [-0.1, -0.05) is 46.4 Å². The van der Waals surface area contributed by atoms with E-state index in [2.05, 4.69) is 5.32 Å². The molecule has 1 aliphatic heterocycles. The predicted octanol–water partition coefficient (Wildman–Crippen LogP) is 4.87. The predicted molar refractivity (Wildman–Crippen MR) is 124 cm³/mol. The van der Waals surface area contributed by atoms with Gasteiger partial charge in [0.2, 0.25) is 0 Å². The number of nitrogens with one attached hydrogen (secondary N) is 1. The van der Waals surface area contributed by atoms with Gasteiger partial charge in [-0.2, -0.15) is 0 Å². The van der Waals surface area contributed by atoms with Crippen LogP contribution in [0.25, 0.3) is 0 Å². The van der Waals surface area contributed by atoms with E-state index in [1.807, 2.05) is 6.92 Å². The molecule has 1 N–H and O–H groups in total. The van der Waals surface area contributed by atoms with E-state index in [1.54, 1.807) is 24.3 Å². The molecule has 0 spiro atoms. The van der Waals surface area contributed by atoms with Gasteiger partial charge in [0.1, 0.15) is 11.8 Å². The van der Waals surface area contributed by atoms with Gasteiger partial charge in [0.25, 0.3) is 17.7 Å². The lowest BCUT2D eigenvalue weighted by molar-refractivity contribution is -0.150. The van der Waals surface area contributed by atoms with E-state index in [4.69, 9.17) is 55.9 Å². The van der Waals surface area contributed by atoms with E-state index in [1.165, 1.54) is 6.92 Å². The lowest BCUT2D eigenvalue weighted by Gasteiger charge is -2.20. The highest BCUT2D eigenvalue weighted by Gasteiger charge is 2.45. The second-order valence-corrected chi connectivity index (χ2v) is 8.29. The number of hydrogen-bond donors (Lipinski definition) is 1. The number of anilines is 1. The van der Waals surface area contributed by atoms with Crippen LogP contribution in [0.15, 0.2) is 24.3 Å². The fraction of sp³-hybridized carbons (Fsp3) is 0.238.